The number of carbonyl (C=O) groups is 1. The summed E-state index contributed by atoms with van der Waals surface area (Å²) in [7, 11) is 0. The molecule has 0 fully saturated rings. The van der Waals surface area contributed by atoms with Gasteiger partial charge in [0, 0.05) is 23.8 Å². The molecule has 0 aliphatic carbocycles. The molecule has 2 N–H and O–H groups in total. The van der Waals surface area contributed by atoms with Gasteiger partial charge in [-0.3, -0.25) is 10.1 Å². The zero-order chi connectivity index (χ0) is 21.3. The van der Waals surface area contributed by atoms with Crippen LogP contribution in [-0.2, 0) is 0 Å². The Morgan fingerprint density at radius 1 is 1.20 bits per heavy atom. The average molecular weight is 403 g/mol. The molecule has 9 heteroatoms. The van der Waals surface area contributed by atoms with Crippen LogP contribution in [0.1, 0.15) is 27.6 Å². The van der Waals surface area contributed by atoms with Gasteiger partial charge in [0.2, 0.25) is 5.88 Å². The molecule has 1 unspecified atom stereocenters. The smallest absolute Gasteiger partial charge is 0.343 e. The summed E-state index contributed by atoms with van der Waals surface area (Å²) >= 11 is 0. The lowest BCUT2D eigenvalue weighted by Gasteiger charge is -2.25. The molecule has 1 aromatic heterocycles. The SMILES string of the molecule is N#CC1=C(N)Oc2cc(OC(=O)c3ccc([N+](=O)[O-])cc3)ccc2C1c1ccco1. The maximum Gasteiger partial charge on any atom is 0.343 e. The number of esters is 1. The summed E-state index contributed by atoms with van der Waals surface area (Å²) in [5, 5.41) is 20.2. The number of hydrogen-bond donors (Lipinski definition) is 1. The third-order valence-electron chi connectivity index (χ3n) is 4.54. The highest BCUT2D eigenvalue weighted by Crippen LogP contribution is 2.43. The summed E-state index contributed by atoms with van der Waals surface area (Å²) in [4.78, 5) is 22.5. The van der Waals surface area contributed by atoms with E-state index in [9.17, 15) is 20.2 Å². The Morgan fingerprint density at radius 2 is 1.97 bits per heavy atom. The van der Waals surface area contributed by atoms with Crippen LogP contribution in [0.3, 0.4) is 0 Å². The van der Waals surface area contributed by atoms with Gasteiger partial charge in [0.05, 0.1) is 22.7 Å². The molecule has 1 aliphatic heterocycles. The van der Waals surface area contributed by atoms with E-state index < -0.39 is 16.8 Å². The van der Waals surface area contributed by atoms with Gasteiger partial charge in [-0.25, -0.2) is 4.79 Å². The zero-order valence-electron chi connectivity index (χ0n) is 15.3. The van der Waals surface area contributed by atoms with Crippen molar-refractivity contribution >= 4 is 11.7 Å². The van der Waals surface area contributed by atoms with Crippen molar-refractivity contribution in [3.8, 4) is 17.6 Å². The van der Waals surface area contributed by atoms with E-state index in [1.54, 1.807) is 24.3 Å². The van der Waals surface area contributed by atoms with Crippen LogP contribution in [0.5, 0.6) is 11.5 Å². The number of allylic oxidation sites excluding steroid dienone is 1. The number of ether oxygens (including phenoxy) is 2. The number of fused-ring (bicyclic) bond motifs is 1. The molecule has 4 rings (SSSR count). The number of furan rings is 1. The summed E-state index contributed by atoms with van der Waals surface area (Å²) < 4.78 is 16.4. The molecule has 148 valence electrons. The van der Waals surface area contributed by atoms with Crippen LogP contribution < -0.4 is 15.2 Å². The van der Waals surface area contributed by atoms with E-state index in [0.29, 0.717) is 17.1 Å². The molecular formula is C21H13N3O6. The first-order valence-electron chi connectivity index (χ1n) is 8.69. The zero-order valence-corrected chi connectivity index (χ0v) is 15.3. The minimum atomic E-state index is -0.690. The predicted molar refractivity (Wildman–Crippen MR) is 103 cm³/mol. The molecule has 0 radical (unpaired) electrons. The fourth-order valence-electron chi connectivity index (χ4n) is 3.13. The molecule has 0 spiro atoms. The van der Waals surface area contributed by atoms with Crippen molar-refractivity contribution in [2.75, 3.05) is 0 Å². The summed E-state index contributed by atoms with van der Waals surface area (Å²) in [5.41, 5.74) is 6.78. The molecule has 2 heterocycles. The molecule has 0 bridgehead atoms. The van der Waals surface area contributed by atoms with E-state index in [2.05, 4.69) is 6.07 Å². The van der Waals surface area contributed by atoms with Crippen molar-refractivity contribution in [1.82, 2.24) is 0 Å². The number of nitrogens with two attached hydrogens (primary N) is 1. The lowest BCUT2D eigenvalue weighted by Crippen LogP contribution is -2.21. The quantitative estimate of drug-likeness (QED) is 0.301. The van der Waals surface area contributed by atoms with Crippen molar-refractivity contribution in [2.45, 2.75) is 5.92 Å². The Hall–Kier alpha value is -4.58. The highest BCUT2D eigenvalue weighted by Gasteiger charge is 2.32. The first kappa shape index (κ1) is 18.8. The van der Waals surface area contributed by atoms with Gasteiger partial charge in [0.25, 0.3) is 5.69 Å². The van der Waals surface area contributed by atoms with Crippen LogP contribution >= 0.6 is 0 Å². The Bertz CT molecular complexity index is 1210. The van der Waals surface area contributed by atoms with Crippen LogP contribution in [0.15, 0.2) is 76.7 Å². The van der Waals surface area contributed by atoms with Crippen molar-refractivity contribution in [3.05, 3.63) is 99.3 Å². The summed E-state index contributed by atoms with van der Waals surface area (Å²) in [6.45, 7) is 0. The number of hydrogen-bond acceptors (Lipinski definition) is 8. The van der Waals surface area contributed by atoms with Crippen LogP contribution in [0, 0.1) is 21.4 Å². The van der Waals surface area contributed by atoms with Gasteiger partial charge in [-0.2, -0.15) is 5.26 Å². The molecule has 9 nitrogen and oxygen atoms in total. The van der Waals surface area contributed by atoms with Crippen molar-refractivity contribution in [3.63, 3.8) is 0 Å². The number of nitro benzene ring substituents is 1. The maximum atomic E-state index is 12.4. The van der Waals surface area contributed by atoms with Crippen molar-refractivity contribution < 1.29 is 23.6 Å². The Balaban J connectivity index is 1.62. The number of rotatable bonds is 4. The topological polar surface area (TPSA) is 142 Å². The van der Waals surface area contributed by atoms with Gasteiger partial charge >= 0.3 is 5.97 Å². The highest BCUT2D eigenvalue weighted by atomic mass is 16.6. The number of benzene rings is 2. The molecule has 1 aliphatic rings. The molecule has 0 saturated heterocycles. The van der Waals surface area contributed by atoms with Gasteiger partial charge in [-0.15, -0.1) is 0 Å². The molecular weight excluding hydrogens is 390 g/mol. The maximum absolute atomic E-state index is 12.4. The number of nitro groups is 1. The van der Waals surface area contributed by atoms with Gasteiger partial charge in [0.15, 0.2) is 0 Å². The van der Waals surface area contributed by atoms with E-state index in [0.717, 1.165) is 0 Å². The number of nitrogens with zero attached hydrogens (tertiary/aromatic N) is 2. The normalized spacial score (nSPS) is 15.0. The largest absolute Gasteiger partial charge is 0.468 e. The Labute approximate surface area is 169 Å². The summed E-state index contributed by atoms with van der Waals surface area (Å²) in [6.07, 6.45) is 1.50. The lowest BCUT2D eigenvalue weighted by atomic mass is 9.87. The van der Waals surface area contributed by atoms with E-state index in [1.165, 1.54) is 36.6 Å². The summed E-state index contributed by atoms with van der Waals surface area (Å²) in [6, 6.07) is 15.2. The number of carbonyl (C=O) groups excluding carboxylic acids is 1. The predicted octanol–water partition coefficient (Wildman–Crippen LogP) is 3.63. The molecule has 3 aromatic rings. The summed E-state index contributed by atoms with van der Waals surface area (Å²) in [5.74, 6) is -0.275. The fourth-order valence-corrected chi connectivity index (χ4v) is 3.13. The lowest BCUT2D eigenvalue weighted by molar-refractivity contribution is -0.384. The second-order valence-corrected chi connectivity index (χ2v) is 6.33. The molecule has 1 atom stereocenters. The van der Waals surface area contributed by atoms with Crippen LogP contribution in [0.4, 0.5) is 5.69 Å². The standard InChI is InChI=1S/C21H13N3O6/c22-11-16-19(17-2-1-9-28-17)15-8-7-14(10-18(15)30-20(16)23)29-21(25)12-3-5-13(6-4-12)24(26)27/h1-10,19H,23H2. The van der Waals surface area contributed by atoms with Gasteiger partial charge in [-0.1, -0.05) is 6.07 Å². The minimum Gasteiger partial charge on any atom is -0.468 e. The Morgan fingerprint density at radius 3 is 2.60 bits per heavy atom. The monoisotopic (exact) mass is 403 g/mol. The number of non-ortho nitro benzene ring substituents is 1. The van der Waals surface area contributed by atoms with Gasteiger partial charge in [0.1, 0.15) is 28.9 Å². The van der Waals surface area contributed by atoms with Crippen molar-refractivity contribution in [2.24, 2.45) is 5.73 Å². The Kier molecular flexibility index (Phi) is 4.66. The first-order valence-corrected chi connectivity index (χ1v) is 8.69. The van der Waals surface area contributed by atoms with Crippen LogP contribution in [0.25, 0.3) is 0 Å². The average Bonchev–Trinajstić information content (AvgIpc) is 3.27. The molecule has 0 saturated carbocycles. The van der Waals surface area contributed by atoms with Gasteiger partial charge in [-0.05, 0) is 30.3 Å². The molecule has 0 amide bonds. The van der Waals surface area contributed by atoms with Crippen molar-refractivity contribution in [1.29, 1.82) is 5.26 Å². The highest BCUT2D eigenvalue weighted by molar-refractivity contribution is 5.91. The third-order valence-corrected chi connectivity index (χ3v) is 4.54. The third kappa shape index (κ3) is 3.33. The fraction of sp³-hybridized carbons (Fsp3) is 0.0476. The van der Waals surface area contributed by atoms with Gasteiger partial charge < -0.3 is 19.6 Å². The minimum absolute atomic E-state index is 0.0646. The van der Waals surface area contributed by atoms with E-state index in [1.807, 2.05) is 0 Å². The van der Waals surface area contributed by atoms with E-state index in [4.69, 9.17) is 19.6 Å². The first-order chi connectivity index (χ1) is 14.5. The van der Waals surface area contributed by atoms with Crippen LogP contribution in [-0.4, -0.2) is 10.9 Å². The number of nitriles is 1. The van der Waals surface area contributed by atoms with E-state index in [-0.39, 0.29) is 28.5 Å². The molecule has 30 heavy (non-hydrogen) atoms. The van der Waals surface area contributed by atoms with E-state index >= 15 is 0 Å². The second kappa shape index (κ2) is 7.44. The molecule has 2 aromatic carbocycles. The second-order valence-electron chi connectivity index (χ2n) is 6.33. The van der Waals surface area contributed by atoms with Crippen LogP contribution in [0.2, 0.25) is 0 Å².